The maximum absolute atomic E-state index is 12.7. The summed E-state index contributed by atoms with van der Waals surface area (Å²) in [7, 11) is 0. The first-order chi connectivity index (χ1) is 16.9. The minimum Gasteiger partial charge on any atom is -0.480 e. The smallest absolute Gasteiger partial charge is 0.411 e. The van der Waals surface area contributed by atoms with Gasteiger partial charge in [0.15, 0.2) is 0 Å². The summed E-state index contributed by atoms with van der Waals surface area (Å²) < 4.78 is 5.52. The van der Waals surface area contributed by atoms with Crippen LogP contribution in [0.3, 0.4) is 0 Å². The number of nitrogens with zero attached hydrogens (tertiary/aromatic N) is 1. The van der Waals surface area contributed by atoms with Crippen LogP contribution in [0.25, 0.3) is 11.1 Å². The summed E-state index contributed by atoms with van der Waals surface area (Å²) in [4.78, 5) is 37.4. The molecule has 8 nitrogen and oxygen atoms in total. The molecule has 1 aliphatic carbocycles. The van der Waals surface area contributed by atoms with Gasteiger partial charge in [0.05, 0.1) is 6.61 Å². The average Bonchev–Trinajstić information content (AvgIpc) is 3.15. The molecular weight excluding hydrogens is 472 g/mol. The summed E-state index contributed by atoms with van der Waals surface area (Å²) in [5.41, 5.74) is 4.69. The first-order valence-corrected chi connectivity index (χ1v) is 11.3. The fourth-order valence-corrected chi connectivity index (χ4v) is 4.49. The van der Waals surface area contributed by atoms with Crippen molar-refractivity contribution < 1.29 is 29.3 Å². The van der Waals surface area contributed by atoms with Gasteiger partial charge in [0.1, 0.15) is 13.2 Å². The molecular formula is C26H23ClN2O6. The molecule has 2 amide bonds. The summed E-state index contributed by atoms with van der Waals surface area (Å²) in [5, 5.41) is 20.9. The number of hydrogen-bond donors (Lipinski definition) is 3. The topological polar surface area (TPSA) is 116 Å². The zero-order valence-corrected chi connectivity index (χ0v) is 19.4. The van der Waals surface area contributed by atoms with E-state index in [1.54, 1.807) is 0 Å². The van der Waals surface area contributed by atoms with Crippen LogP contribution in [-0.4, -0.2) is 59.4 Å². The molecule has 4 rings (SSSR count). The lowest BCUT2D eigenvalue weighted by atomic mass is 9.98. The number of carbonyl (C=O) groups excluding carboxylic acids is 2. The van der Waals surface area contributed by atoms with Crippen molar-refractivity contribution in [3.8, 4) is 11.1 Å². The van der Waals surface area contributed by atoms with E-state index in [-0.39, 0.29) is 35.3 Å². The van der Waals surface area contributed by atoms with Gasteiger partial charge in [-0.15, -0.1) is 0 Å². The molecule has 0 aromatic heterocycles. The third kappa shape index (κ3) is 5.45. The minimum atomic E-state index is -1.22. The van der Waals surface area contributed by atoms with Crippen LogP contribution in [0.15, 0.2) is 66.7 Å². The normalized spacial score (nSPS) is 11.9. The third-order valence-corrected chi connectivity index (χ3v) is 5.94. The van der Waals surface area contributed by atoms with E-state index in [9.17, 15) is 14.4 Å². The molecule has 0 saturated heterocycles. The minimum absolute atomic E-state index is 0.0705. The lowest BCUT2D eigenvalue weighted by Gasteiger charge is -2.20. The number of carbonyl (C=O) groups is 3. The lowest BCUT2D eigenvalue weighted by Crippen LogP contribution is -2.37. The predicted molar refractivity (Wildman–Crippen MR) is 131 cm³/mol. The number of carboxylic acids is 1. The molecule has 0 spiro atoms. The summed E-state index contributed by atoms with van der Waals surface area (Å²) in [6.07, 6.45) is -0.717. The summed E-state index contributed by atoms with van der Waals surface area (Å²) in [5.74, 6) is -1.96. The Balaban J connectivity index is 1.46. The molecule has 3 aromatic carbocycles. The van der Waals surface area contributed by atoms with E-state index < -0.39 is 31.1 Å². The van der Waals surface area contributed by atoms with Crippen LogP contribution in [0.1, 0.15) is 27.4 Å². The number of nitrogens with one attached hydrogen (secondary N) is 1. The molecule has 0 unspecified atom stereocenters. The molecule has 0 aliphatic heterocycles. The Bertz CT molecular complexity index is 1230. The van der Waals surface area contributed by atoms with Crippen LogP contribution in [0.2, 0.25) is 5.02 Å². The largest absolute Gasteiger partial charge is 0.480 e. The van der Waals surface area contributed by atoms with Gasteiger partial charge < -0.3 is 19.8 Å². The second kappa shape index (κ2) is 10.6. The molecule has 35 heavy (non-hydrogen) atoms. The van der Waals surface area contributed by atoms with Crippen LogP contribution in [0.5, 0.6) is 0 Å². The Morgan fingerprint density at radius 2 is 1.60 bits per heavy atom. The zero-order valence-electron chi connectivity index (χ0n) is 18.6. The number of fused-ring (bicyclic) bond motifs is 3. The molecule has 0 bridgehead atoms. The van der Waals surface area contributed by atoms with Crippen molar-refractivity contribution in [1.29, 1.82) is 0 Å². The van der Waals surface area contributed by atoms with Crippen molar-refractivity contribution in [2.45, 2.75) is 5.92 Å². The molecule has 0 radical (unpaired) electrons. The highest BCUT2D eigenvalue weighted by atomic mass is 35.5. The molecule has 3 N–H and O–H groups in total. The SMILES string of the molecule is O=C(O)CN(CCO)C(=O)c1cc(Cl)cc(NC(=O)OCC2c3ccccc3-c3ccccc32)c1. The van der Waals surface area contributed by atoms with Crippen molar-refractivity contribution in [2.24, 2.45) is 0 Å². The lowest BCUT2D eigenvalue weighted by molar-refractivity contribution is -0.137. The molecule has 9 heteroatoms. The Hall–Kier alpha value is -3.88. The van der Waals surface area contributed by atoms with Gasteiger partial charge in [0.2, 0.25) is 0 Å². The van der Waals surface area contributed by atoms with E-state index in [2.05, 4.69) is 5.32 Å². The second-order valence-electron chi connectivity index (χ2n) is 8.02. The number of halogens is 1. The van der Waals surface area contributed by atoms with Crippen molar-refractivity contribution in [3.63, 3.8) is 0 Å². The Kier molecular flexibility index (Phi) is 7.33. The number of hydrogen-bond acceptors (Lipinski definition) is 5. The third-order valence-electron chi connectivity index (χ3n) is 5.72. The van der Waals surface area contributed by atoms with Gasteiger partial charge >= 0.3 is 12.1 Å². The Morgan fingerprint density at radius 3 is 2.20 bits per heavy atom. The molecule has 0 atom stereocenters. The molecule has 3 aromatic rings. The predicted octanol–water partition coefficient (Wildman–Crippen LogP) is 4.22. The number of carboxylic acid groups (broad SMARTS) is 1. The highest BCUT2D eigenvalue weighted by molar-refractivity contribution is 6.31. The maximum atomic E-state index is 12.7. The molecule has 0 fully saturated rings. The number of benzene rings is 3. The van der Waals surface area contributed by atoms with E-state index >= 15 is 0 Å². The average molecular weight is 495 g/mol. The van der Waals surface area contributed by atoms with Gasteiger partial charge in [-0.05, 0) is 40.5 Å². The molecule has 180 valence electrons. The molecule has 1 aliphatic rings. The number of ether oxygens (including phenoxy) is 1. The Labute approximate surface area is 206 Å². The van der Waals surface area contributed by atoms with Crippen molar-refractivity contribution >= 4 is 35.3 Å². The standard InChI is InChI=1S/C26H23ClN2O6/c27-17-11-16(25(33)29(9-10-30)14-24(31)32)12-18(13-17)28-26(34)35-15-23-21-7-3-1-5-19(21)20-6-2-4-8-22(20)23/h1-8,11-13,23,30H,9-10,14-15H2,(H,28,34)(H,31,32). The number of aliphatic carboxylic acids is 1. The molecule has 0 heterocycles. The first kappa shape index (κ1) is 24.3. The Morgan fingerprint density at radius 1 is 0.971 bits per heavy atom. The molecule has 0 saturated carbocycles. The summed E-state index contributed by atoms with van der Waals surface area (Å²) in [6, 6.07) is 20.2. The van der Waals surface area contributed by atoms with E-state index in [1.807, 2.05) is 48.5 Å². The first-order valence-electron chi connectivity index (χ1n) is 10.9. The highest BCUT2D eigenvalue weighted by Gasteiger charge is 2.29. The number of aliphatic hydroxyl groups excluding tert-OH is 1. The summed E-state index contributed by atoms with van der Waals surface area (Å²) >= 11 is 6.13. The second-order valence-corrected chi connectivity index (χ2v) is 8.46. The van der Waals surface area contributed by atoms with E-state index in [0.29, 0.717) is 0 Å². The van der Waals surface area contributed by atoms with Crippen LogP contribution in [0, 0.1) is 0 Å². The van der Waals surface area contributed by atoms with E-state index in [4.69, 9.17) is 26.6 Å². The van der Waals surface area contributed by atoms with Gasteiger partial charge in [0.25, 0.3) is 5.91 Å². The van der Waals surface area contributed by atoms with Gasteiger partial charge in [-0.25, -0.2) is 4.79 Å². The monoisotopic (exact) mass is 494 g/mol. The number of aliphatic hydroxyl groups is 1. The van der Waals surface area contributed by atoms with Gasteiger partial charge in [-0.3, -0.25) is 14.9 Å². The van der Waals surface area contributed by atoms with Crippen LogP contribution in [0.4, 0.5) is 10.5 Å². The van der Waals surface area contributed by atoms with Gasteiger partial charge in [-0.2, -0.15) is 0 Å². The zero-order chi connectivity index (χ0) is 24.9. The van der Waals surface area contributed by atoms with Crippen molar-refractivity contribution in [2.75, 3.05) is 31.6 Å². The fourth-order valence-electron chi connectivity index (χ4n) is 4.26. The van der Waals surface area contributed by atoms with Crippen LogP contribution < -0.4 is 5.32 Å². The van der Waals surface area contributed by atoms with Crippen LogP contribution >= 0.6 is 11.6 Å². The van der Waals surface area contributed by atoms with E-state index in [0.717, 1.165) is 27.2 Å². The van der Waals surface area contributed by atoms with Gasteiger partial charge in [-0.1, -0.05) is 60.1 Å². The van der Waals surface area contributed by atoms with E-state index in [1.165, 1.54) is 18.2 Å². The number of rotatable bonds is 8. The van der Waals surface area contributed by atoms with Crippen LogP contribution in [-0.2, 0) is 9.53 Å². The van der Waals surface area contributed by atoms with Gasteiger partial charge in [0, 0.05) is 28.7 Å². The highest BCUT2D eigenvalue weighted by Crippen LogP contribution is 2.44. The van der Waals surface area contributed by atoms with Crippen molar-refractivity contribution in [3.05, 3.63) is 88.4 Å². The number of anilines is 1. The summed E-state index contributed by atoms with van der Waals surface area (Å²) in [6.45, 7) is -1.02. The number of amides is 2. The fraction of sp³-hybridized carbons (Fsp3) is 0.192. The maximum Gasteiger partial charge on any atom is 0.411 e. The van der Waals surface area contributed by atoms with Crippen molar-refractivity contribution in [1.82, 2.24) is 4.90 Å². The quantitative estimate of drug-likeness (QED) is 0.432.